The van der Waals surface area contributed by atoms with E-state index in [1.54, 1.807) is 0 Å². The number of hydrogen-bond acceptors (Lipinski definition) is 5. The first-order valence-electron chi connectivity index (χ1n) is 8.34. The van der Waals surface area contributed by atoms with Gasteiger partial charge in [0, 0.05) is 12.2 Å². The molecule has 5 nitrogen and oxygen atoms in total. The number of aromatic nitrogens is 2. The van der Waals surface area contributed by atoms with Crippen molar-refractivity contribution in [3.05, 3.63) is 66.0 Å². The van der Waals surface area contributed by atoms with Gasteiger partial charge < -0.3 is 16.0 Å². The molecular weight excluding hydrogens is 355 g/mol. The number of benzene rings is 2. The number of anilines is 5. The van der Waals surface area contributed by atoms with E-state index in [2.05, 4.69) is 15.3 Å². The van der Waals surface area contributed by atoms with Crippen LogP contribution in [-0.2, 0) is 12.6 Å². The Labute approximate surface area is 153 Å². The number of nitrogens with zero attached hydrogens (tertiary/aromatic N) is 3. The van der Waals surface area contributed by atoms with Crippen molar-refractivity contribution in [3.63, 3.8) is 0 Å². The van der Waals surface area contributed by atoms with Crippen LogP contribution in [0.2, 0.25) is 0 Å². The monoisotopic (exact) mass is 371 g/mol. The molecule has 0 fully saturated rings. The molecule has 0 spiro atoms. The second-order valence-corrected chi connectivity index (χ2v) is 6.16. The number of alkyl halides is 3. The topological polar surface area (TPSA) is 67.1 Å². The molecule has 0 radical (unpaired) electrons. The highest BCUT2D eigenvalue weighted by Crippen LogP contribution is 2.40. The first kappa shape index (κ1) is 17.1. The average Bonchev–Trinajstić information content (AvgIpc) is 3.07. The van der Waals surface area contributed by atoms with Gasteiger partial charge in [-0.25, -0.2) is 9.97 Å². The number of para-hydroxylation sites is 2. The van der Waals surface area contributed by atoms with Gasteiger partial charge >= 0.3 is 6.18 Å². The van der Waals surface area contributed by atoms with Gasteiger partial charge in [-0.1, -0.05) is 30.3 Å². The van der Waals surface area contributed by atoms with Gasteiger partial charge in [-0.2, -0.15) is 13.2 Å². The predicted molar refractivity (Wildman–Crippen MR) is 98.3 cm³/mol. The van der Waals surface area contributed by atoms with Crippen LogP contribution in [0.3, 0.4) is 0 Å². The molecule has 1 aliphatic rings. The van der Waals surface area contributed by atoms with Crippen molar-refractivity contribution in [1.29, 1.82) is 0 Å². The molecule has 0 atom stereocenters. The third kappa shape index (κ3) is 3.14. The highest BCUT2D eigenvalue weighted by molar-refractivity contribution is 5.83. The Morgan fingerprint density at radius 2 is 1.74 bits per heavy atom. The van der Waals surface area contributed by atoms with Gasteiger partial charge in [-0.3, -0.25) is 0 Å². The van der Waals surface area contributed by atoms with Gasteiger partial charge in [-0.05, 0) is 30.2 Å². The number of fused-ring (bicyclic) bond motifs is 1. The molecule has 2 aromatic carbocycles. The van der Waals surface area contributed by atoms with Gasteiger partial charge in [-0.15, -0.1) is 0 Å². The van der Waals surface area contributed by atoms with Gasteiger partial charge in [0.1, 0.15) is 12.0 Å². The Kier molecular flexibility index (Phi) is 4.10. The van der Waals surface area contributed by atoms with Crippen LogP contribution in [0.4, 0.5) is 41.9 Å². The highest BCUT2D eigenvalue weighted by Gasteiger charge is 2.33. The maximum atomic E-state index is 13.2. The third-order valence-corrected chi connectivity index (χ3v) is 4.49. The van der Waals surface area contributed by atoms with Crippen LogP contribution in [-0.4, -0.2) is 16.5 Å². The summed E-state index contributed by atoms with van der Waals surface area (Å²) in [4.78, 5) is 10.3. The fourth-order valence-corrected chi connectivity index (χ4v) is 3.23. The van der Waals surface area contributed by atoms with Gasteiger partial charge in [0.2, 0.25) is 0 Å². The molecule has 0 unspecified atom stereocenters. The molecular formula is C19H16F3N5. The summed E-state index contributed by atoms with van der Waals surface area (Å²) in [5.41, 5.74) is 7.69. The second kappa shape index (κ2) is 6.46. The molecule has 1 aromatic heterocycles. The Balaban J connectivity index is 1.71. The highest BCUT2D eigenvalue weighted by atomic mass is 19.4. The zero-order valence-electron chi connectivity index (χ0n) is 14.2. The number of nitrogen functional groups attached to an aromatic ring is 1. The van der Waals surface area contributed by atoms with Crippen molar-refractivity contribution in [1.82, 2.24) is 9.97 Å². The fourth-order valence-electron chi connectivity index (χ4n) is 3.23. The van der Waals surface area contributed by atoms with E-state index in [1.165, 1.54) is 30.1 Å². The minimum Gasteiger partial charge on any atom is -0.393 e. The van der Waals surface area contributed by atoms with Crippen molar-refractivity contribution >= 4 is 28.7 Å². The van der Waals surface area contributed by atoms with Crippen molar-refractivity contribution < 1.29 is 13.2 Å². The van der Waals surface area contributed by atoms with Gasteiger partial charge in [0.25, 0.3) is 0 Å². The van der Waals surface area contributed by atoms with E-state index < -0.39 is 11.7 Å². The molecule has 2 heterocycles. The molecule has 0 saturated carbocycles. The molecule has 0 bridgehead atoms. The number of halogens is 3. The summed E-state index contributed by atoms with van der Waals surface area (Å²) in [6.45, 7) is 0.694. The van der Waals surface area contributed by atoms with E-state index in [-0.39, 0.29) is 17.2 Å². The second-order valence-electron chi connectivity index (χ2n) is 6.16. The van der Waals surface area contributed by atoms with Crippen molar-refractivity contribution in [2.75, 3.05) is 22.5 Å². The molecule has 0 aliphatic carbocycles. The van der Waals surface area contributed by atoms with Crippen LogP contribution in [0, 0.1) is 0 Å². The number of nitrogens with one attached hydrogen (secondary N) is 1. The molecule has 4 rings (SSSR count). The van der Waals surface area contributed by atoms with E-state index >= 15 is 0 Å². The van der Waals surface area contributed by atoms with Crippen molar-refractivity contribution in [2.45, 2.75) is 12.6 Å². The smallest absolute Gasteiger partial charge is 0.393 e. The van der Waals surface area contributed by atoms with Crippen LogP contribution < -0.4 is 16.0 Å². The summed E-state index contributed by atoms with van der Waals surface area (Å²) in [6.07, 6.45) is -2.34. The third-order valence-electron chi connectivity index (χ3n) is 4.49. The standard InChI is InChI=1S/C19H16F3N5/c20-19(21,22)13-6-2-3-7-14(13)26-17-16(23)18(25-11-24-17)27-10-9-12-5-1-4-8-15(12)27/h1-8,11H,9-10,23H2,(H,24,25,26). The molecule has 3 N–H and O–H groups in total. The fraction of sp³-hybridized carbons (Fsp3) is 0.158. The van der Waals surface area contributed by atoms with Crippen molar-refractivity contribution in [3.8, 4) is 0 Å². The molecule has 0 amide bonds. The largest absolute Gasteiger partial charge is 0.418 e. The maximum absolute atomic E-state index is 13.2. The van der Waals surface area contributed by atoms with Crippen LogP contribution in [0.15, 0.2) is 54.9 Å². The zero-order valence-corrected chi connectivity index (χ0v) is 14.2. The SMILES string of the molecule is Nc1c(Nc2ccccc2C(F)(F)F)ncnc1N1CCc2ccccc21. The van der Waals surface area contributed by atoms with E-state index in [9.17, 15) is 13.2 Å². The minimum absolute atomic E-state index is 0.108. The van der Waals surface area contributed by atoms with E-state index in [4.69, 9.17) is 5.73 Å². The zero-order chi connectivity index (χ0) is 19.0. The lowest BCUT2D eigenvalue weighted by atomic mass is 10.1. The first-order valence-corrected chi connectivity index (χ1v) is 8.34. The van der Waals surface area contributed by atoms with Crippen LogP contribution in [0.5, 0.6) is 0 Å². The lowest BCUT2D eigenvalue weighted by Gasteiger charge is -2.21. The number of nitrogens with two attached hydrogens (primary N) is 1. The average molecular weight is 371 g/mol. The summed E-state index contributed by atoms with van der Waals surface area (Å²) in [5.74, 6) is 0.614. The Morgan fingerprint density at radius 3 is 2.56 bits per heavy atom. The van der Waals surface area contributed by atoms with Crippen LogP contribution in [0.1, 0.15) is 11.1 Å². The summed E-state index contributed by atoms with van der Waals surface area (Å²) in [7, 11) is 0. The van der Waals surface area contributed by atoms with Crippen molar-refractivity contribution in [2.24, 2.45) is 0 Å². The summed E-state index contributed by atoms with van der Waals surface area (Å²) >= 11 is 0. The Morgan fingerprint density at radius 1 is 1.00 bits per heavy atom. The van der Waals surface area contributed by atoms with E-state index in [1.807, 2.05) is 29.2 Å². The maximum Gasteiger partial charge on any atom is 0.418 e. The summed E-state index contributed by atoms with van der Waals surface area (Å²) in [5, 5.41) is 2.71. The molecule has 27 heavy (non-hydrogen) atoms. The lowest BCUT2D eigenvalue weighted by Crippen LogP contribution is -2.18. The molecule has 8 heteroatoms. The molecule has 138 valence electrons. The minimum atomic E-state index is -4.48. The van der Waals surface area contributed by atoms with Gasteiger partial charge in [0.15, 0.2) is 11.6 Å². The van der Waals surface area contributed by atoms with Crippen LogP contribution >= 0.6 is 0 Å². The number of hydrogen-bond donors (Lipinski definition) is 2. The Hall–Kier alpha value is -3.29. The Bertz CT molecular complexity index is 987. The quantitative estimate of drug-likeness (QED) is 0.709. The molecule has 1 aliphatic heterocycles. The lowest BCUT2D eigenvalue weighted by molar-refractivity contribution is -0.136. The summed E-state index contributed by atoms with van der Waals surface area (Å²) < 4.78 is 39.7. The van der Waals surface area contributed by atoms with E-state index in [0.29, 0.717) is 12.4 Å². The number of rotatable bonds is 3. The first-order chi connectivity index (χ1) is 12.9. The van der Waals surface area contributed by atoms with Crippen LogP contribution in [0.25, 0.3) is 0 Å². The van der Waals surface area contributed by atoms with Gasteiger partial charge in [0.05, 0.1) is 11.3 Å². The normalized spacial score (nSPS) is 13.5. The van der Waals surface area contributed by atoms with E-state index in [0.717, 1.165) is 18.2 Å². The molecule has 0 saturated heterocycles. The molecule has 3 aromatic rings. The predicted octanol–water partition coefficient (Wildman–Crippen LogP) is 4.52. The summed E-state index contributed by atoms with van der Waals surface area (Å²) in [6, 6.07) is 13.1.